The van der Waals surface area contributed by atoms with Gasteiger partial charge in [0.05, 0.1) is 16.5 Å². The second-order valence-electron chi connectivity index (χ2n) is 6.74. The highest BCUT2D eigenvalue weighted by Gasteiger charge is 2.32. The third-order valence-electron chi connectivity index (χ3n) is 4.73. The van der Waals surface area contributed by atoms with Crippen LogP contribution in [0.25, 0.3) is 11.0 Å². The van der Waals surface area contributed by atoms with E-state index < -0.39 is 17.0 Å². The summed E-state index contributed by atoms with van der Waals surface area (Å²) >= 11 is 0.971. The Bertz CT molecular complexity index is 1080. The van der Waals surface area contributed by atoms with Crippen LogP contribution in [-0.4, -0.2) is 21.6 Å². The molecule has 1 N–H and O–H groups in total. The summed E-state index contributed by atoms with van der Waals surface area (Å²) in [6.07, 6.45) is -2.89. The first-order valence-corrected chi connectivity index (χ1v) is 9.72. The molecule has 1 fully saturated rings. The number of benzene rings is 2. The van der Waals surface area contributed by atoms with E-state index in [0.29, 0.717) is 24.8 Å². The first-order valence-electron chi connectivity index (χ1n) is 8.84. The Morgan fingerprint density at radius 1 is 1.03 bits per heavy atom. The molecule has 9 heteroatoms. The Morgan fingerprint density at radius 2 is 1.76 bits per heavy atom. The topological polar surface area (TPSA) is 72.2 Å². The van der Waals surface area contributed by atoms with E-state index in [0.717, 1.165) is 46.1 Å². The molecule has 0 radical (unpaired) electrons. The van der Waals surface area contributed by atoms with Crippen LogP contribution in [0, 0.1) is 0 Å². The molecule has 1 atom stereocenters. The van der Waals surface area contributed by atoms with Gasteiger partial charge in [0.25, 0.3) is 5.24 Å². The smallest absolute Gasteiger partial charge is 0.356 e. The number of aromatic nitrogens is 1. The van der Waals surface area contributed by atoms with E-state index >= 15 is 0 Å². The van der Waals surface area contributed by atoms with E-state index in [-0.39, 0.29) is 11.1 Å². The summed E-state index contributed by atoms with van der Waals surface area (Å²) < 4.78 is 43.3. The second-order valence-corrected chi connectivity index (χ2v) is 7.92. The highest BCUT2D eigenvalue weighted by atomic mass is 32.2. The molecule has 1 aliphatic heterocycles. The average molecular weight is 420 g/mol. The molecular formula is C20H15F3N2O3S. The molecule has 1 aliphatic rings. The molecule has 5 nitrogen and oxygen atoms in total. The van der Waals surface area contributed by atoms with Crippen LogP contribution in [-0.2, 0) is 30.2 Å². The number of alkyl halides is 3. The second kappa shape index (κ2) is 7.55. The SMILES string of the molecule is O=C1NC(=O)C(Cc2ccc3c(CCc4ccc(C(F)(F)F)cc4)noc3c2)S1. The number of hydrogen-bond acceptors (Lipinski definition) is 5. The number of imide groups is 1. The zero-order valence-corrected chi connectivity index (χ0v) is 15.8. The molecule has 2 aromatic carbocycles. The lowest BCUT2D eigenvalue weighted by Crippen LogP contribution is -2.25. The van der Waals surface area contributed by atoms with Crippen LogP contribution in [0.2, 0.25) is 0 Å². The first kappa shape index (κ1) is 19.5. The van der Waals surface area contributed by atoms with Crippen molar-refractivity contribution in [1.82, 2.24) is 10.5 Å². The van der Waals surface area contributed by atoms with E-state index in [4.69, 9.17) is 4.52 Å². The molecule has 4 rings (SSSR count). The predicted molar refractivity (Wildman–Crippen MR) is 101 cm³/mol. The largest absolute Gasteiger partial charge is 0.416 e. The molecular weight excluding hydrogens is 405 g/mol. The van der Waals surface area contributed by atoms with Gasteiger partial charge in [-0.3, -0.25) is 14.9 Å². The van der Waals surface area contributed by atoms with Crippen LogP contribution < -0.4 is 5.32 Å². The summed E-state index contributed by atoms with van der Waals surface area (Å²) in [6.45, 7) is 0. The van der Waals surface area contributed by atoms with Crippen LogP contribution in [0.15, 0.2) is 47.0 Å². The van der Waals surface area contributed by atoms with Gasteiger partial charge in [0.2, 0.25) is 5.91 Å². The van der Waals surface area contributed by atoms with Gasteiger partial charge in [-0.25, -0.2) is 0 Å². The number of rotatable bonds is 5. The minimum Gasteiger partial charge on any atom is -0.356 e. The Kier molecular flexibility index (Phi) is 5.08. The minimum absolute atomic E-state index is 0.296. The zero-order valence-electron chi connectivity index (χ0n) is 15.0. The Morgan fingerprint density at radius 3 is 2.41 bits per heavy atom. The number of halogens is 3. The summed E-state index contributed by atoms with van der Waals surface area (Å²) in [6, 6.07) is 10.6. The third-order valence-corrected chi connectivity index (χ3v) is 5.71. The lowest BCUT2D eigenvalue weighted by Gasteiger charge is -2.07. The molecule has 1 unspecified atom stereocenters. The van der Waals surface area contributed by atoms with Crippen molar-refractivity contribution in [2.75, 3.05) is 0 Å². The number of carbonyl (C=O) groups is 2. The van der Waals surface area contributed by atoms with Crippen molar-refractivity contribution in [3.05, 3.63) is 64.8 Å². The van der Waals surface area contributed by atoms with Crippen molar-refractivity contribution in [1.29, 1.82) is 0 Å². The molecule has 0 spiro atoms. The molecule has 0 aliphatic carbocycles. The van der Waals surface area contributed by atoms with Crippen molar-refractivity contribution in [3.8, 4) is 0 Å². The van der Waals surface area contributed by atoms with Gasteiger partial charge in [-0.1, -0.05) is 35.1 Å². The lowest BCUT2D eigenvalue weighted by molar-refractivity contribution is -0.137. The number of fused-ring (bicyclic) bond motifs is 1. The van der Waals surface area contributed by atoms with Crippen molar-refractivity contribution in [2.45, 2.75) is 30.7 Å². The summed E-state index contributed by atoms with van der Waals surface area (Å²) in [7, 11) is 0. The number of carbonyl (C=O) groups excluding carboxylic acids is 2. The van der Waals surface area contributed by atoms with Gasteiger partial charge >= 0.3 is 6.18 Å². The van der Waals surface area contributed by atoms with Gasteiger partial charge in [0, 0.05) is 5.39 Å². The Balaban J connectivity index is 1.44. The zero-order chi connectivity index (χ0) is 20.6. The van der Waals surface area contributed by atoms with Crippen molar-refractivity contribution in [3.63, 3.8) is 0 Å². The fourth-order valence-corrected chi connectivity index (χ4v) is 4.07. The normalized spacial score (nSPS) is 17.1. The lowest BCUT2D eigenvalue weighted by atomic mass is 10.0. The van der Waals surface area contributed by atoms with Gasteiger partial charge in [-0.05, 0) is 54.7 Å². The van der Waals surface area contributed by atoms with Crippen molar-refractivity contribution in [2.24, 2.45) is 0 Å². The number of amides is 2. The maximum Gasteiger partial charge on any atom is 0.416 e. The summed E-state index contributed by atoms with van der Waals surface area (Å²) in [4.78, 5) is 23.0. The van der Waals surface area contributed by atoms with Gasteiger partial charge in [0.15, 0.2) is 5.58 Å². The standard InChI is InChI=1S/C20H15F3N2O3S/c21-20(22,23)13-5-1-11(2-6-13)4-8-15-14-7-3-12(9-16(14)28-25-15)10-17-18(26)24-19(27)29-17/h1-3,5-7,9,17H,4,8,10H2,(H,24,26,27). The molecule has 1 aromatic heterocycles. The fraction of sp³-hybridized carbons (Fsp3) is 0.250. The number of aryl methyl sites for hydroxylation is 2. The van der Waals surface area contributed by atoms with Crippen LogP contribution >= 0.6 is 11.8 Å². The van der Waals surface area contributed by atoms with E-state index in [2.05, 4.69) is 10.5 Å². The van der Waals surface area contributed by atoms with Crippen LogP contribution in [0.5, 0.6) is 0 Å². The minimum atomic E-state index is -4.34. The molecule has 0 bridgehead atoms. The van der Waals surface area contributed by atoms with Crippen LogP contribution in [0.3, 0.4) is 0 Å². The quantitative estimate of drug-likeness (QED) is 0.657. The van der Waals surface area contributed by atoms with Crippen molar-refractivity contribution >= 4 is 33.9 Å². The fourth-order valence-electron chi connectivity index (χ4n) is 3.21. The summed E-state index contributed by atoms with van der Waals surface area (Å²) in [5.74, 6) is -0.296. The maximum absolute atomic E-state index is 12.6. The monoisotopic (exact) mass is 420 g/mol. The Hall–Kier alpha value is -2.81. The molecule has 0 saturated carbocycles. The van der Waals surface area contributed by atoms with Gasteiger partial charge < -0.3 is 4.52 Å². The average Bonchev–Trinajstić information content (AvgIpc) is 3.21. The third kappa shape index (κ3) is 4.29. The molecule has 1 saturated heterocycles. The van der Waals surface area contributed by atoms with Gasteiger partial charge in [0.1, 0.15) is 0 Å². The van der Waals surface area contributed by atoms with E-state index in [9.17, 15) is 22.8 Å². The van der Waals surface area contributed by atoms with Crippen molar-refractivity contribution < 1.29 is 27.3 Å². The van der Waals surface area contributed by atoms with E-state index in [1.165, 1.54) is 12.1 Å². The highest BCUT2D eigenvalue weighted by molar-refractivity contribution is 8.15. The molecule has 29 heavy (non-hydrogen) atoms. The van der Waals surface area contributed by atoms with Crippen LogP contribution in [0.1, 0.15) is 22.4 Å². The number of nitrogens with zero attached hydrogens (tertiary/aromatic N) is 1. The van der Waals surface area contributed by atoms with E-state index in [1.807, 2.05) is 12.1 Å². The van der Waals surface area contributed by atoms with E-state index in [1.54, 1.807) is 6.07 Å². The summed E-state index contributed by atoms with van der Waals surface area (Å²) in [5, 5.41) is 6.35. The Labute approximate surface area is 167 Å². The number of nitrogens with one attached hydrogen (secondary N) is 1. The molecule has 3 aromatic rings. The number of thioether (sulfide) groups is 1. The highest BCUT2D eigenvalue weighted by Crippen LogP contribution is 2.30. The number of hydrogen-bond donors (Lipinski definition) is 1. The molecule has 2 amide bonds. The summed E-state index contributed by atoms with van der Waals surface area (Å²) in [5.41, 5.74) is 2.25. The van der Waals surface area contributed by atoms with Gasteiger partial charge in [-0.2, -0.15) is 13.2 Å². The molecule has 150 valence electrons. The first-order chi connectivity index (χ1) is 13.8. The van der Waals surface area contributed by atoms with Gasteiger partial charge in [-0.15, -0.1) is 0 Å². The molecule has 2 heterocycles. The van der Waals surface area contributed by atoms with Crippen LogP contribution in [0.4, 0.5) is 18.0 Å². The maximum atomic E-state index is 12.6. The predicted octanol–water partition coefficient (Wildman–Crippen LogP) is 4.53.